The zero-order valence-corrected chi connectivity index (χ0v) is 20.7. The van der Waals surface area contributed by atoms with E-state index in [0.717, 1.165) is 18.3 Å². The monoisotopic (exact) mass is 514 g/mol. The highest BCUT2D eigenvalue weighted by molar-refractivity contribution is 14.0. The fraction of sp³-hybridized carbons (Fsp3) is 0.696. The highest BCUT2D eigenvalue weighted by Gasteiger charge is 2.36. The fourth-order valence-electron chi connectivity index (χ4n) is 4.83. The number of rotatable bonds is 7. The van der Waals surface area contributed by atoms with Gasteiger partial charge in [-0.15, -0.1) is 24.0 Å². The zero-order valence-electron chi connectivity index (χ0n) is 18.4. The molecule has 1 aromatic carbocycles. The van der Waals surface area contributed by atoms with Gasteiger partial charge >= 0.3 is 0 Å². The van der Waals surface area contributed by atoms with Gasteiger partial charge in [0.25, 0.3) is 0 Å². The number of nitrogens with one attached hydrogen (secondary N) is 2. The van der Waals surface area contributed by atoms with E-state index in [2.05, 4.69) is 45.6 Å². The number of halogens is 1. The number of ether oxygens (including phenoxy) is 1. The van der Waals surface area contributed by atoms with Gasteiger partial charge in [0, 0.05) is 38.1 Å². The van der Waals surface area contributed by atoms with Gasteiger partial charge in [0.1, 0.15) is 5.75 Å². The Morgan fingerprint density at radius 3 is 2.59 bits per heavy atom. The highest BCUT2D eigenvalue weighted by atomic mass is 127. The summed E-state index contributed by atoms with van der Waals surface area (Å²) in [5.41, 5.74) is 1.57. The van der Waals surface area contributed by atoms with Crippen molar-refractivity contribution in [3.05, 3.63) is 29.8 Å². The second-order valence-corrected chi connectivity index (χ2v) is 8.41. The Morgan fingerprint density at radius 2 is 1.97 bits per heavy atom. The van der Waals surface area contributed by atoms with Crippen LogP contribution in [0.15, 0.2) is 29.3 Å². The van der Waals surface area contributed by atoms with Crippen LogP contribution in [0.3, 0.4) is 0 Å². The Bertz CT molecular complexity index is 638. The molecule has 2 fully saturated rings. The SMILES string of the molecule is CCCN1CCC(NC(=NC)NCC2(c3cccc(OC)c3)CCCC2)CC1.I. The van der Waals surface area contributed by atoms with E-state index in [0.29, 0.717) is 6.04 Å². The molecule has 2 aliphatic rings. The summed E-state index contributed by atoms with van der Waals surface area (Å²) in [6.45, 7) is 6.79. The Balaban J connectivity index is 0.00000300. The smallest absolute Gasteiger partial charge is 0.191 e. The molecular formula is C23H39IN4O. The summed E-state index contributed by atoms with van der Waals surface area (Å²) in [5.74, 6) is 1.90. The average molecular weight is 514 g/mol. The summed E-state index contributed by atoms with van der Waals surface area (Å²) >= 11 is 0. The topological polar surface area (TPSA) is 48.9 Å². The van der Waals surface area contributed by atoms with Crippen molar-refractivity contribution < 1.29 is 4.74 Å². The van der Waals surface area contributed by atoms with Crippen molar-refractivity contribution >= 4 is 29.9 Å². The second-order valence-electron chi connectivity index (χ2n) is 8.41. The highest BCUT2D eigenvalue weighted by Crippen LogP contribution is 2.41. The van der Waals surface area contributed by atoms with Gasteiger partial charge in [-0.3, -0.25) is 4.99 Å². The first-order valence-corrected chi connectivity index (χ1v) is 11.0. The van der Waals surface area contributed by atoms with E-state index in [4.69, 9.17) is 4.74 Å². The van der Waals surface area contributed by atoms with Crippen LogP contribution in [0.4, 0.5) is 0 Å². The van der Waals surface area contributed by atoms with Gasteiger partial charge in [-0.2, -0.15) is 0 Å². The number of guanidine groups is 1. The van der Waals surface area contributed by atoms with E-state index in [-0.39, 0.29) is 29.4 Å². The first kappa shape index (κ1) is 24.3. The average Bonchev–Trinajstić information content (AvgIpc) is 3.23. The van der Waals surface area contributed by atoms with Gasteiger partial charge in [0.05, 0.1) is 7.11 Å². The van der Waals surface area contributed by atoms with Crippen molar-refractivity contribution in [3.63, 3.8) is 0 Å². The predicted molar refractivity (Wildman–Crippen MR) is 133 cm³/mol. The van der Waals surface area contributed by atoms with Crippen LogP contribution in [0.5, 0.6) is 5.75 Å². The maximum atomic E-state index is 5.47. The van der Waals surface area contributed by atoms with Crippen molar-refractivity contribution in [2.24, 2.45) is 4.99 Å². The number of methoxy groups -OCH3 is 1. The van der Waals surface area contributed by atoms with Crippen LogP contribution < -0.4 is 15.4 Å². The number of aliphatic imine (C=N–C) groups is 1. The van der Waals surface area contributed by atoms with Crippen molar-refractivity contribution in [2.45, 2.75) is 63.3 Å². The molecule has 0 aromatic heterocycles. The van der Waals surface area contributed by atoms with Crippen molar-refractivity contribution in [2.75, 3.05) is 40.3 Å². The van der Waals surface area contributed by atoms with Crippen LogP contribution in [0.2, 0.25) is 0 Å². The minimum Gasteiger partial charge on any atom is -0.497 e. The Hall–Kier alpha value is -1.02. The molecule has 29 heavy (non-hydrogen) atoms. The lowest BCUT2D eigenvalue weighted by molar-refractivity contribution is 0.206. The number of benzene rings is 1. The number of hydrogen-bond donors (Lipinski definition) is 2. The third-order valence-electron chi connectivity index (χ3n) is 6.53. The lowest BCUT2D eigenvalue weighted by Gasteiger charge is -2.34. The number of likely N-dealkylation sites (tertiary alicyclic amines) is 1. The third kappa shape index (κ3) is 6.48. The van der Waals surface area contributed by atoms with Crippen LogP contribution in [-0.2, 0) is 5.41 Å². The summed E-state index contributed by atoms with van der Waals surface area (Å²) < 4.78 is 5.47. The molecular weight excluding hydrogens is 475 g/mol. The molecule has 0 spiro atoms. The molecule has 1 heterocycles. The molecule has 0 radical (unpaired) electrons. The molecule has 1 saturated carbocycles. The van der Waals surface area contributed by atoms with E-state index < -0.39 is 0 Å². The lowest BCUT2D eigenvalue weighted by Crippen LogP contribution is -2.51. The summed E-state index contributed by atoms with van der Waals surface area (Å²) in [6, 6.07) is 9.15. The van der Waals surface area contributed by atoms with Crippen LogP contribution in [0, 0.1) is 0 Å². The normalized spacial score (nSPS) is 20.2. The molecule has 3 rings (SSSR count). The third-order valence-corrected chi connectivity index (χ3v) is 6.53. The summed E-state index contributed by atoms with van der Waals surface area (Å²) in [6.07, 6.45) is 8.66. The van der Waals surface area contributed by atoms with E-state index in [1.807, 2.05) is 13.1 Å². The van der Waals surface area contributed by atoms with Crippen molar-refractivity contribution in [1.82, 2.24) is 15.5 Å². The summed E-state index contributed by atoms with van der Waals surface area (Å²) in [5, 5.41) is 7.33. The van der Waals surface area contributed by atoms with Crippen molar-refractivity contribution in [3.8, 4) is 5.75 Å². The van der Waals surface area contributed by atoms with Crippen LogP contribution >= 0.6 is 24.0 Å². The molecule has 1 aliphatic carbocycles. The van der Waals surface area contributed by atoms with E-state index >= 15 is 0 Å². The number of nitrogens with zero attached hydrogens (tertiary/aromatic N) is 2. The first-order chi connectivity index (χ1) is 13.7. The minimum atomic E-state index is 0. The maximum Gasteiger partial charge on any atom is 0.191 e. The number of hydrogen-bond acceptors (Lipinski definition) is 3. The summed E-state index contributed by atoms with van der Waals surface area (Å²) in [4.78, 5) is 7.09. The van der Waals surface area contributed by atoms with Crippen molar-refractivity contribution in [1.29, 1.82) is 0 Å². The Kier molecular flexibility index (Phi) is 10.0. The minimum absolute atomic E-state index is 0. The summed E-state index contributed by atoms with van der Waals surface area (Å²) in [7, 11) is 3.63. The molecule has 0 amide bonds. The number of piperidine rings is 1. The van der Waals surface area contributed by atoms with Gasteiger partial charge in [0.15, 0.2) is 5.96 Å². The Morgan fingerprint density at radius 1 is 1.24 bits per heavy atom. The van der Waals surface area contributed by atoms with E-state index in [1.54, 1.807) is 7.11 Å². The van der Waals surface area contributed by atoms with Gasteiger partial charge in [-0.1, -0.05) is 31.9 Å². The molecule has 164 valence electrons. The second kappa shape index (κ2) is 12.0. The van der Waals surface area contributed by atoms with Gasteiger partial charge in [0.2, 0.25) is 0 Å². The van der Waals surface area contributed by atoms with Crippen LogP contribution in [-0.4, -0.2) is 57.2 Å². The quantitative estimate of drug-likeness (QED) is 0.326. The Labute approximate surface area is 194 Å². The fourth-order valence-corrected chi connectivity index (χ4v) is 4.83. The first-order valence-electron chi connectivity index (χ1n) is 11.0. The molecule has 0 atom stereocenters. The van der Waals surface area contributed by atoms with Crippen LogP contribution in [0.25, 0.3) is 0 Å². The van der Waals surface area contributed by atoms with Gasteiger partial charge in [-0.05, 0) is 56.3 Å². The molecule has 1 aromatic rings. The lowest BCUT2D eigenvalue weighted by atomic mass is 9.78. The largest absolute Gasteiger partial charge is 0.497 e. The molecule has 5 nitrogen and oxygen atoms in total. The molecule has 0 unspecified atom stereocenters. The van der Waals surface area contributed by atoms with Crippen LogP contribution in [0.1, 0.15) is 57.4 Å². The molecule has 1 saturated heterocycles. The van der Waals surface area contributed by atoms with Gasteiger partial charge in [-0.25, -0.2) is 0 Å². The molecule has 1 aliphatic heterocycles. The predicted octanol–water partition coefficient (Wildman–Crippen LogP) is 4.16. The maximum absolute atomic E-state index is 5.47. The molecule has 0 bridgehead atoms. The molecule has 6 heteroatoms. The van der Waals surface area contributed by atoms with E-state index in [1.165, 1.54) is 70.1 Å². The molecule has 2 N–H and O–H groups in total. The van der Waals surface area contributed by atoms with Gasteiger partial charge < -0.3 is 20.3 Å². The standard InChI is InChI=1S/C23H38N4O.HI/c1-4-14-27-15-10-20(11-16-27)26-22(24-2)25-18-23(12-5-6-13-23)19-8-7-9-21(17-19)28-3;/h7-9,17,20H,4-6,10-16,18H2,1-3H3,(H2,24,25,26);1H. The van der Waals surface area contributed by atoms with E-state index in [9.17, 15) is 0 Å². The zero-order chi connectivity index (χ0) is 19.8.